The van der Waals surface area contributed by atoms with E-state index in [1.165, 1.54) is 10.5 Å². The number of benzene rings is 1. The third kappa shape index (κ3) is 5.58. The molecule has 0 saturated heterocycles. The Morgan fingerprint density at radius 1 is 1.18 bits per heavy atom. The number of nitrogens with zero attached hydrogens (tertiary/aromatic N) is 3. The number of carbonyl (C=O) groups is 1. The summed E-state index contributed by atoms with van der Waals surface area (Å²) in [5, 5.41) is 17.4. The Kier molecular flexibility index (Phi) is 6.93. The average molecular weight is 474 g/mol. The van der Waals surface area contributed by atoms with Crippen molar-refractivity contribution >= 4 is 35.0 Å². The number of hydrogen-bond acceptors (Lipinski definition) is 8. The molecule has 2 heterocycles. The van der Waals surface area contributed by atoms with Gasteiger partial charge in [0.05, 0.1) is 35.3 Å². The largest absolute Gasteiger partial charge is 0.505 e. The second-order valence-corrected chi connectivity index (χ2v) is 11.3. The first-order valence-corrected chi connectivity index (χ1v) is 11.8. The first kappa shape index (κ1) is 24.8. The molecule has 9 heteroatoms. The summed E-state index contributed by atoms with van der Waals surface area (Å²) in [5.41, 5.74) is 1.83. The van der Waals surface area contributed by atoms with Crippen LogP contribution in [0.5, 0.6) is 5.75 Å². The normalized spacial score (nSPS) is 17.2. The van der Waals surface area contributed by atoms with Gasteiger partial charge in [0.25, 0.3) is 5.91 Å². The molecule has 0 spiro atoms. The fourth-order valence-corrected chi connectivity index (χ4v) is 4.20. The van der Waals surface area contributed by atoms with Crippen LogP contribution in [0, 0.1) is 10.8 Å². The fraction of sp³-hybridized carbons (Fsp3) is 0.542. The monoisotopic (exact) mass is 473 g/mol. The van der Waals surface area contributed by atoms with Crippen LogP contribution in [-0.2, 0) is 4.74 Å². The van der Waals surface area contributed by atoms with E-state index in [9.17, 15) is 9.90 Å². The van der Waals surface area contributed by atoms with Crippen LogP contribution in [-0.4, -0.2) is 50.9 Å². The van der Waals surface area contributed by atoms with E-state index in [2.05, 4.69) is 60.9 Å². The minimum absolute atomic E-state index is 0.0340. The number of phenolic OH excluding ortho intramolecular Hbond substituents is 1. The molecule has 0 fully saturated rings. The summed E-state index contributed by atoms with van der Waals surface area (Å²) in [6.45, 7) is 13.1. The zero-order chi connectivity index (χ0) is 24.6. The topological polar surface area (TPSA) is 99.6 Å². The molecule has 0 aliphatic carbocycles. The first-order valence-electron chi connectivity index (χ1n) is 11.0. The van der Waals surface area contributed by atoms with E-state index in [1.54, 1.807) is 32.3 Å². The predicted molar refractivity (Wildman–Crippen MR) is 133 cm³/mol. The van der Waals surface area contributed by atoms with Crippen molar-refractivity contribution in [1.29, 1.82) is 0 Å². The summed E-state index contributed by atoms with van der Waals surface area (Å²) in [6, 6.07) is 4.98. The van der Waals surface area contributed by atoms with Crippen LogP contribution in [0.3, 0.4) is 0 Å². The van der Waals surface area contributed by atoms with E-state index in [1.807, 2.05) is 6.26 Å². The van der Waals surface area contributed by atoms with Crippen LogP contribution in [0.15, 0.2) is 30.0 Å². The van der Waals surface area contributed by atoms with Gasteiger partial charge in [0.15, 0.2) is 17.4 Å². The van der Waals surface area contributed by atoms with Gasteiger partial charge in [0.1, 0.15) is 6.10 Å². The van der Waals surface area contributed by atoms with E-state index in [-0.39, 0.29) is 40.2 Å². The van der Waals surface area contributed by atoms with Gasteiger partial charge in [-0.25, -0.2) is 0 Å². The Bertz CT molecular complexity index is 1030. The molecule has 2 aromatic rings. The molecule has 8 nitrogen and oxygen atoms in total. The molecule has 33 heavy (non-hydrogen) atoms. The maximum Gasteiger partial charge on any atom is 0.257 e. The van der Waals surface area contributed by atoms with E-state index in [4.69, 9.17) is 4.74 Å². The number of aromatic nitrogens is 2. The molecule has 0 bridgehead atoms. The summed E-state index contributed by atoms with van der Waals surface area (Å²) >= 11 is 1.07. The molecule has 180 valence electrons. The Labute approximate surface area is 200 Å². The molecule has 0 radical (unpaired) electrons. The lowest BCUT2D eigenvalue weighted by atomic mass is 9.78. The van der Waals surface area contributed by atoms with Gasteiger partial charge in [-0.05, 0) is 28.5 Å². The van der Waals surface area contributed by atoms with Crippen molar-refractivity contribution in [3.8, 4) is 5.75 Å². The van der Waals surface area contributed by atoms with Crippen LogP contribution in [0.4, 0.5) is 17.3 Å². The standard InChI is InChI=1S/C24H35N5O3S/c1-23(2,3)14-12-17(32-13-14)19(24(4,5)6)26-21-20(27-33-28-21)25-16-11-9-10-15(18(16)30)22(31)29(7)8/h9-11,13,17,19,30H,12H2,1-8H3,(H,25,27)(H,26,28)/t17?,19-/m0/s1. The average Bonchev–Trinajstić information content (AvgIpc) is 3.35. The highest BCUT2D eigenvalue weighted by Crippen LogP contribution is 2.40. The van der Waals surface area contributed by atoms with Crippen molar-refractivity contribution in [1.82, 2.24) is 13.6 Å². The summed E-state index contributed by atoms with van der Waals surface area (Å²) < 4.78 is 14.9. The van der Waals surface area contributed by atoms with Crippen molar-refractivity contribution in [3.05, 3.63) is 35.6 Å². The molecule has 1 aliphatic heterocycles. The number of amides is 1. The quantitative estimate of drug-likeness (QED) is 0.494. The number of anilines is 3. The summed E-state index contributed by atoms with van der Waals surface area (Å²) in [6.07, 6.45) is 2.70. The van der Waals surface area contributed by atoms with Crippen molar-refractivity contribution in [2.24, 2.45) is 10.8 Å². The van der Waals surface area contributed by atoms with Gasteiger partial charge in [-0.1, -0.05) is 47.6 Å². The first-order chi connectivity index (χ1) is 15.3. The molecule has 0 saturated carbocycles. The molecule has 3 N–H and O–H groups in total. The summed E-state index contributed by atoms with van der Waals surface area (Å²) in [5.74, 6) is 0.664. The number of hydrogen-bond donors (Lipinski definition) is 3. The van der Waals surface area contributed by atoms with E-state index >= 15 is 0 Å². The highest BCUT2D eigenvalue weighted by Gasteiger charge is 2.39. The lowest BCUT2D eigenvalue weighted by molar-refractivity contribution is 0.0824. The van der Waals surface area contributed by atoms with Gasteiger partial charge in [0, 0.05) is 20.5 Å². The third-order valence-corrected chi connectivity index (χ3v) is 6.31. The van der Waals surface area contributed by atoms with E-state index in [0.717, 1.165) is 18.1 Å². The number of aromatic hydroxyl groups is 1. The molecule has 1 aliphatic rings. The van der Waals surface area contributed by atoms with Crippen molar-refractivity contribution in [3.63, 3.8) is 0 Å². The number of phenols is 1. The second-order valence-electron chi connectivity index (χ2n) is 10.7. The smallest absolute Gasteiger partial charge is 0.257 e. The Balaban J connectivity index is 1.83. The third-order valence-electron chi connectivity index (χ3n) is 5.78. The molecule has 3 rings (SSSR count). The van der Waals surface area contributed by atoms with E-state index in [0.29, 0.717) is 17.3 Å². The number of rotatable bonds is 6. The predicted octanol–water partition coefficient (Wildman–Crippen LogP) is 5.23. The Morgan fingerprint density at radius 2 is 1.85 bits per heavy atom. The Morgan fingerprint density at radius 3 is 2.42 bits per heavy atom. The number of para-hydroxylation sites is 1. The zero-order valence-corrected chi connectivity index (χ0v) is 21.5. The summed E-state index contributed by atoms with van der Waals surface area (Å²) in [7, 11) is 3.29. The minimum atomic E-state index is -0.278. The minimum Gasteiger partial charge on any atom is -0.505 e. The number of ether oxygens (including phenoxy) is 1. The number of nitrogens with one attached hydrogen (secondary N) is 2. The molecular formula is C24H35N5O3S. The van der Waals surface area contributed by atoms with Gasteiger partial charge in [0.2, 0.25) is 0 Å². The molecule has 1 aromatic carbocycles. The van der Waals surface area contributed by atoms with Crippen molar-refractivity contribution < 1.29 is 14.6 Å². The van der Waals surface area contributed by atoms with Gasteiger partial charge in [-0.15, -0.1) is 0 Å². The molecule has 2 atom stereocenters. The molecular weight excluding hydrogens is 438 g/mol. The van der Waals surface area contributed by atoms with Gasteiger partial charge >= 0.3 is 0 Å². The highest BCUT2D eigenvalue weighted by atomic mass is 32.1. The SMILES string of the molecule is CN(C)C(=O)c1cccc(Nc2nsnc2N[C@@H](C2CC(C(C)(C)C)=CO2)C(C)(C)C)c1O. The van der Waals surface area contributed by atoms with Crippen molar-refractivity contribution in [2.75, 3.05) is 24.7 Å². The second kappa shape index (κ2) is 9.21. The Hall–Kier alpha value is -2.81. The lowest BCUT2D eigenvalue weighted by Gasteiger charge is -2.36. The lowest BCUT2D eigenvalue weighted by Crippen LogP contribution is -2.44. The number of carbonyl (C=O) groups excluding carboxylic acids is 1. The van der Waals surface area contributed by atoms with Crippen LogP contribution in [0.1, 0.15) is 58.3 Å². The highest BCUT2D eigenvalue weighted by molar-refractivity contribution is 6.99. The van der Waals surface area contributed by atoms with Gasteiger partial charge < -0.3 is 25.4 Å². The molecule has 1 amide bonds. The summed E-state index contributed by atoms with van der Waals surface area (Å²) in [4.78, 5) is 13.8. The molecule has 1 unspecified atom stereocenters. The van der Waals surface area contributed by atoms with Crippen LogP contribution >= 0.6 is 11.7 Å². The van der Waals surface area contributed by atoms with Crippen LogP contribution < -0.4 is 10.6 Å². The molecule has 1 aromatic heterocycles. The van der Waals surface area contributed by atoms with E-state index < -0.39 is 0 Å². The maximum atomic E-state index is 12.4. The van der Waals surface area contributed by atoms with Crippen LogP contribution in [0.25, 0.3) is 0 Å². The van der Waals surface area contributed by atoms with Gasteiger partial charge in [-0.3, -0.25) is 4.79 Å². The maximum absolute atomic E-state index is 12.4. The van der Waals surface area contributed by atoms with Crippen molar-refractivity contribution in [2.45, 2.75) is 60.1 Å². The van der Waals surface area contributed by atoms with Gasteiger partial charge in [-0.2, -0.15) is 8.75 Å². The zero-order valence-electron chi connectivity index (χ0n) is 20.7. The fourth-order valence-electron chi connectivity index (χ4n) is 3.73. The van der Waals surface area contributed by atoms with Crippen LogP contribution in [0.2, 0.25) is 0 Å².